The number of aliphatic imine (C=N–C) groups is 1. The van der Waals surface area contributed by atoms with Gasteiger partial charge in [0, 0.05) is 0 Å². The van der Waals surface area contributed by atoms with Crippen molar-refractivity contribution < 1.29 is 0 Å². The molecular formula is C7H9N. The Morgan fingerprint density at radius 3 is 2.00 bits per heavy atom. The average molecular weight is 107 g/mol. The summed E-state index contributed by atoms with van der Waals surface area (Å²) in [6, 6.07) is 0. The molecule has 0 saturated heterocycles. The highest BCUT2D eigenvalue weighted by Gasteiger charge is 1.86. The zero-order valence-electron chi connectivity index (χ0n) is 4.85. The van der Waals surface area contributed by atoms with Crippen LogP contribution in [-0.2, 0) is 0 Å². The molecule has 0 rings (SSSR count). The lowest BCUT2D eigenvalue weighted by Crippen LogP contribution is -1.73. The van der Waals surface area contributed by atoms with E-state index in [4.69, 9.17) is 0 Å². The normalized spacial score (nSPS) is 7.50. The van der Waals surface area contributed by atoms with Crippen LogP contribution in [0.15, 0.2) is 42.1 Å². The maximum Gasteiger partial charge on any atom is 0.0616 e. The molecule has 0 aromatic heterocycles. The van der Waals surface area contributed by atoms with Crippen LogP contribution in [0, 0.1) is 0 Å². The fourth-order valence-corrected chi connectivity index (χ4v) is 0.219. The average Bonchev–Trinajstić information content (AvgIpc) is 1.84. The molecule has 0 aliphatic heterocycles. The molecule has 0 amide bonds. The molecule has 0 bridgehead atoms. The standard InChI is InChI=1S/C7H9N/c1-5-6(2)7(3)8-4/h5H,1-4H2. The molecule has 0 atom stereocenters. The van der Waals surface area contributed by atoms with Crippen molar-refractivity contribution in [2.75, 3.05) is 0 Å². The van der Waals surface area contributed by atoms with Gasteiger partial charge in [0.15, 0.2) is 0 Å². The molecule has 1 heteroatoms. The van der Waals surface area contributed by atoms with E-state index in [1.54, 1.807) is 6.08 Å². The lowest BCUT2D eigenvalue weighted by Gasteiger charge is -1.92. The highest BCUT2D eigenvalue weighted by atomic mass is 14.7. The third kappa shape index (κ3) is 1.56. The van der Waals surface area contributed by atoms with Crippen LogP contribution in [0.3, 0.4) is 0 Å². The van der Waals surface area contributed by atoms with Crippen molar-refractivity contribution in [3.8, 4) is 0 Å². The molecule has 0 unspecified atom stereocenters. The molecule has 8 heavy (non-hydrogen) atoms. The number of nitrogens with zero attached hydrogens (tertiary/aromatic N) is 1. The molecule has 0 saturated carbocycles. The van der Waals surface area contributed by atoms with Crippen LogP contribution in [0.4, 0.5) is 0 Å². The second kappa shape index (κ2) is 2.97. The number of hydrogen-bond acceptors (Lipinski definition) is 1. The summed E-state index contributed by atoms with van der Waals surface area (Å²) in [7, 11) is 0. The van der Waals surface area contributed by atoms with E-state index < -0.39 is 0 Å². The molecular weight excluding hydrogens is 98.1 g/mol. The first-order valence-corrected chi connectivity index (χ1v) is 2.19. The van der Waals surface area contributed by atoms with Crippen LogP contribution in [-0.4, -0.2) is 6.72 Å². The Labute approximate surface area is 49.8 Å². The minimum atomic E-state index is 0.583. The Kier molecular flexibility index (Phi) is 2.56. The Morgan fingerprint density at radius 2 is 1.88 bits per heavy atom. The first-order chi connectivity index (χ1) is 3.72. The molecule has 42 valence electrons. The Balaban J connectivity index is 4.02. The fourth-order valence-electron chi connectivity index (χ4n) is 0.219. The van der Waals surface area contributed by atoms with Gasteiger partial charge < -0.3 is 0 Å². The van der Waals surface area contributed by atoms with Gasteiger partial charge >= 0.3 is 0 Å². The van der Waals surface area contributed by atoms with Crippen molar-refractivity contribution in [3.05, 3.63) is 37.1 Å². The van der Waals surface area contributed by atoms with Crippen LogP contribution in [0.5, 0.6) is 0 Å². The second-order valence-corrected chi connectivity index (χ2v) is 1.33. The van der Waals surface area contributed by atoms with Crippen molar-refractivity contribution in [3.63, 3.8) is 0 Å². The minimum Gasteiger partial charge on any atom is -0.265 e. The number of hydrogen-bond donors (Lipinski definition) is 0. The van der Waals surface area contributed by atoms with Crippen molar-refractivity contribution in [1.29, 1.82) is 0 Å². The third-order valence-electron chi connectivity index (χ3n) is 0.808. The van der Waals surface area contributed by atoms with Gasteiger partial charge in [-0.25, -0.2) is 0 Å². The van der Waals surface area contributed by atoms with Gasteiger partial charge in [0.25, 0.3) is 0 Å². The smallest absolute Gasteiger partial charge is 0.0616 e. The summed E-state index contributed by atoms with van der Waals surface area (Å²) < 4.78 is 0. The summed E-state index contributed by atoms with van der Waals surface area (Å²) in [6.45, 7) is 13.9. The highest BCUT2D eigenvalue weighted by molar-refractivity contribution is 5.39. The number of rotatable bonds is 3. The summed E-state index contributed by atoms with van der Waals surface area (Å²) in [5, 5.41) is 0. The van der Waals surface area contributed by atoms with E-state index in [2.05, 4.69) is 31.4 Å². The van der Waals surface area contributed by atoms with Gasteiger partial charge in [-0.3, -0.25) is 4.99 Å². The quantitative estimate of drug-likeness (QED) is 0.386. The summed E-state index contributed by atoms with van der Waals surface area (Å²) in [4.78, 5) is 3.54. The zero-order valence-corrected chi connectivity index (χ0v) is 4.85. The number of allylic oxidation sites excluding steroid dienone is 1. The van der Waals surface area contributed by atoms with Crippen molar-refractivity contribution >= 4 is 6.72 Å². The van der Waals surface area contributed by atoms with E-state index in [-0.39, 0.29) is 0 Å². The Bertz CT molecular complexity index is 124. The predicted octanol–water partition coefficient (Wildman–Crippen LogP) is 1.94. The zero-order chi connectivity index (χ0) is 6.57. The van der Waals surface area contributed by atoms with Crippen molar-refractivity contribution in [2.45, 2.75) is 0 Å². The Morgan fingerprint density at radius 1 is 1.38 bits per heavy atom. The highest BCUT2D eigenvalue weighted by Crippen LogP contribution is 2.04. The minimum absolute atomic E-state index is 0.583. The van der Waals surface area contributed by atoms with Gasteiger partial charge in [0.1, 0.15) is 0 Å². The molecule has 0 heterocycles. The largest absolute Gasteiger partial charge is 0.265 e. The molecule has 0 aliphatic carbocycles. The van der Waals surface area contributed by atoms with Gasteiger partial charge in [-0.2, -0.15) is 0 Å². The van der Waals surface area contributed by atoms with Gasteiger partial charge in [-0.1, -0.05) is 25.8 Å². The van der Waals surface area contributed by atoms with E-state index in [0.717, 1.165) is 5.57 Å². The van der Waals surface area contributed by atoms with Crippen LogP contribution in [0.25, 0.3) is 0 Å². The maximum absolute atomic E-state index is 3.59. The molecule has 0 radical (unpaired) electrons. The van der Waals surface area contributed by atoms with E-state index in [9.17, 15) is 0 Å². The van der Waals surface area contributed by atoms with Crippen LogP contribution >= 0.6 is 0 Å². The molecule has 0 N–H and O–H groups in total. The van der Waals surface area contributed by atoms with Gasteiger partial charge in [0.05, 0.1) is 5.70 Å². The molecule has 0 aromatic rings. The van der Waals surface area contributed by atoms with Crippen LogP contribution < -0.4 is 0 Å². The second-order valence-electron chi connectivity index (χ2n) is 1.33. The van der Waals surface area contributed by atoms with Gasteiger partial charge in [-0.15, -0.1) is 0 Å². The Hall–Kier alpha value is -1.11. The topological polar surface area (TPSA) is 12.4 Å². The predicted molar refractivity (Wildman–Crippen MR) is 38.0 cm³/mol. The summed E-state index contributed by atoms with van der Waals surface area (Å²) >= 11 is 0. The maximum atomic E-state index is 3.59. The molecule has 0 spiro atoms. The molecule has 0 aromatic carbocycles. The molecule has 0 aliphatic rings. The van der Waals surface area contributed by atoms with Gasteiger partial charge in [0.2, 0.25) is 0 Å². The summed E-state index contributed by atoms with van der Waals surface area (Å²) in [5.74, 6) is 0. The van der Waals surface area contributed by atoms with E-state index in [1.807, 2.05) is 0 Å². The lowest BCUT2D eigenvalue weighted by molar-refractivity contribution is 1.40. The van der Waals surface area contributed by atoms with E-state index >= 15 is 0 Å². The van der Waals surface area contributed by atoms with Crippen molar-refractivity contribution in [1.82, 2.24) is 0 Å². The molecule has 1 nitrogen and oxygen atoms in total. The van der Waals surface area contributed by atoms with E-state index in [0.29, 0.717) is 5.70 Å². The van der Waals surface area contributed by atoms with Crippen LogP contribution in [0.2, 0.25) is 0 Å². The molecule has 0 fully saturated rings. The fraction of sp³-hybridized carbons (Fsp3) is 0. The van der Waals surface area contributed by atoms with Gasteiger partial charge in [-0.05, 0) is 12.3 Å². The third-order valence-corrected chi connectivity index (χ3v) is 0.808. The van der Waals surface area contributed by atoms with Crippen molar-refractivity contribution in [2.24, 2.45) is 4.99 Å². The first kappa shape index (κ1) is 6.89. The summed E-state index contributed by atoms with van der Waals surface area (Å²) in [6.07, 6.45) is 1.59. The van der Waals surface area contributed by atoms with E-state index in [1.165, 1.54) is 0 Å². The first-order valence-electron chi connectivity index (χ1n) is 2.19. The SMILES string of the molecule is C=CC(=C)C(=C)N=C. The summed E-state index contributed by atoms with van der Waals surface area (Å²) in [5.41, 5.74) is 1.31. The lowest BCUT2D eigenvalue weighted by atomic mass is 10.2. The van der Waals surface area contributed by atoms with Crippen LogP contribution in [0.1, 0.15) is 0 Å². The monoisotopic (exact) mass is 107 g/mol.